The molecule has 0 atom stereocenters. The molecule has 0 amide bonds. The monoisotopic (exact) mass is 154 g/mol. The smallest absolute Gasteiger partial charge is 0.0867 e. The summed E-state index contributed by atoms with van der Waals surface area (Å²) in [6.45, 7) is 1.92. The van der Waals surface area contributed by atoms with Gasteiger partial charge in [0, 0.05) is 5.02 Å². The number of rotatable bonds is 1. The molecule has 1 aromatic carbocycles. The summed E-state index contributed by atoms with van der Waals surface area (Å²) < 4.78 is 0. The van der Waals surface area contributed by atoms with Crippen LogP contribution in [0.2, 0.25) is 5.02 Å². The molecular formula is C7H7ClN2. The largest absolute Gasteiger partial charge is 0.204 e. The van der Waals surface area contributed by atoms with E-state index in [0.717, 1.165) is 5.56 Å². The first-order valence-corrected chi connectivity index (χ1v) is 3.25. The van der Waals surface area contributed by atoms with Crippen molar-refractivity contribution in [2.45, 2.75) is 6.92 Å². The molecule has 2 nitrogen and oxygen atoms in total. The van der Waals surface area contributed by atoms with Gasteiger partial charge in [-0.2, -0.15) is 5.11 Å². The first-order chi connectivity index (χ1) is 4.72. The second-order valence-electron chi connectivity index (χ2n) is 2.10. The summed E-state index contributed by atoms with van der Waals surface area (Å²) in [5, 5.41) is 3.89. The summed E-state index contributed by atoms with van der Waals surface area (Å²) in [6.07, 6.45) is 0. The van der Waals surface area contributed by atoms with E-state index in [4.69, 9.17) is 17.1 Å². The van der Waals surface area contributed by atoms with Crippen LogP contribution in [0.3, 0.4) is 0 Å². The lowest BCUT2D eigenvalue weighted by Gasteiger charge is -1.94. The van der Waals surface area contributed by atoms with Crippen molar-refractivity contribution < 1.29 is 0 Å². The molecule has 0 fully saturated rings. The van der Waals surface area contributed by atoms with Crippen LogP contribution in [0.1, 0.15) is 5.56 Å². The highest BCUT2D eigenvalue weighted by atomic mass is 35.5. The Morgan fingerprint density at radius 2 is 2.10 bits per heavy atom. The molecule has 0 spiro atoms. The molecule has 0 heterocycles. The Kier molecular flexibility index (Phi) is 2.02. The van der Waals surface area contributed by atoms with Crippen molar-refractivity contribution in [3.05, 3.63) is 28.8 Å². The first kappa shape index (κ1) is 7.22. The Hall–Kier alpha value is -0.890. The highest BCUT2D eigenvalue weighted by Crippen LogP contribution is 2.20. The van der Waals surface area contributed by atoms with Gasteiger partial charge in [-0.05, 0) is 30.7 Å². The van der Waals surface area contributed by atoms with Crippen molar-refractivity contribution in [2.24, 2.45) is 5.11 Å². The van der Waals surface area contributed by atoms with Crippen molar-refractivity contribution in [3.63, 3.8) is 0 Å². The van der Waals surface area contributed by atoms with Gasteiger partial charge in [0.1, 0.15) is 0 Å². The minimum absolute atomic E-state index is 0.602. The van der Waals surface area contributed by atoms with Crippen LogP contribution in [0.4, 0.5) is 5.69 Å². The SMILES string of the molecule is Cc1cc(Cl)cc(N=N)c1. The third-order valence-electron chi connectivity index (χ3n) is 1.16. The lowest BCUT2D eigenvalue weighted by atomic mass is 10.2. The summed E-state index contributed by atoms with van der Waals surface area (Å²) in [7, 11) is 0. The van der Waals surface area contributed by atoms with Crippen molar-refractivity contribution >= 4 is 17.3 Å². The minimum atomic E-state index is 0.602. The number of hydrogen-bond acceptors (Lipinski definition) is 2. The van der Waals surface area contributed by atoms with Crippen molar-refractivity contribution in [2.75, 3.05) is 0 Å². The van der Waals surface area contributed by atoms with E-state index in [1.54, 1.807) is 12.1 Å². The summed E-state index contributed by atoms with van der Waals surface area (Å²) in [5.74, 6) is 0. The maximum Gasteiger partial charge on any atom is 0.0867 e. The summed E-state index contributed by atoms with van der Waals surface area (Å²) in [5.41, 5.74) is 8.33. The van der Waals surface area contributed by atoms with Gasteiger partial charge < -0.3 is 0 Å². The maximum absolute atomic E-state index is 6.70. The van der Waals surface area contributed by atoms with Crippen LogP contribution in [0, 0.1) is 12.5 Å². The number of aryl methyl sites for hydroxylation is 1. The van der Waals surface area contributed by atoms with Crippen LogP contribution in [0.5, 0.6) is 0 Å². The number of nitrogens with one attached hydrogen (secondary N) is 1. The molecule has 0 aliphatic carbocycles. The fraction of sp³-hybridized carbons (Fsp3) is 0.143. The van der Waals surface area contributed by atoms with Gasteiger partial charge in [0.15, 0.2) is 0 Å². The Morgan fingerprint density at radius 1 is 1.40 bits per heavy atom. The molecule has 0 unspecified atom stereocenters. The number of benzene rings is 1. The van der Waals surface area contributed by atoms with Gasteiger partial charge in [-0.15, -0.1) is 0 Å². The van der Waals surface area contributed by atoms with Gasteiger partial charge in [0.05, 0.1) is 5.69 Å². The quantitative estimate of drug-likeness (QED) is 0.603. The van der Waals surface area contributed by atoms with E-state index in [2.05, 4.69) is 5.11 Å². The normalized spacial score (nSPS) is 9.40. The zero-order valence-corrected chi connectivity index (χ0v) is 6.31. The lowest BCUT2D eigenvalue weighted by Crippen LogP contribution is -1.70. The van der Waals surface area contributed by atoms with Crippen LogP contribution in [-0.4, -0.2) is 0 Å². The molecular weight excluding hydrogens is 148 g/mol. The van der Waals surface area contributed by atoms with Gasteiger partial charge in [-0.25, -0.2) is 5.53 Å². The van der Waals surface area contributed by atoms with E-state index < -0.39 is 0 Å². The molecule has 0 saturated heterocycles. The molecule has 0 radical (unpaired) electrons. The minimum Gasteiger partial charge on any atom is -0.204 e. The van der Waals surface area contributed by atoms with Crippen molar-refractivity contribution in [1.82, 2.24) is 0 Å². The van der Waals surface area contributed by atoms with Crippen LogP contribution >= 0.6 is 11.6 Å². The van der Waals surface area contributed by atoms with E-state index in [9.17, 15) is 0 Å². The Bertz CT molecular complexity index is 238. The summed E-state index contributed by atoms with van der Waals surface area (Å²) >= 11 is 5.69. The van der Waals surface area contributed by atoms with Crippen LogP contribution in [0.15, 0.2) is 23.3 Å². The summed E-state index contributed by atoms with van der Waals surface area (Å²) in [6, 6.07) is 5.29. The molecule has 1 rings (SSSR count). The van der Waals surface area contributed by atoms with Crippen LogP contribution in [-0.2, 0) is 0 Å². The predicted molar refractivity (Wildman–Crippen MR) is 41.0 cm³/mol. The molecule has 3 heteroatoms. The number of hydrogen-bond donors (Lipinski definition) is 1. The van der Waals surface area contributed by atoms with E-state index in [1.165, 1.54) is 0 Å². The molecule has 1 aromatic rings. The zero-order chi connectivity index (χ0) is 7.56. The van der Waals surface area contributed by atoms with E-state index >= 15 is 0 Å². The third kappa shape index (κ3) is 1.54. The zero-order valence-electron chi connectivity index (χ0n) is 5.56. The van der Waals surface area contributed by atoms with Crippen molar-refractivity contribution in [1.29, 1.82) is 5.53 Å². The molecule has 52 valence electrons. The van der Waals surface area contributed by atoms with Crippen LogP contribution < -0.4 is 0 Å². The molecule has 10 heavy (non-hydrogen) atoms. The standard InChI is InChI=1S/C7H7ClN2/c1-5-2-6(8)4-7(3-5)10-9/h2-4,9H,1H3. The highest BCUT2D eigenvalue weighted by molar-refractivity contribution is 6.30. The van der Waals surface area contributed by atoms with E-state index in [0.29, 0.717) is 10.7 Å². The van der Waals surface area contributed by atoms with Crippen molar-refractivity contribution in [3.8, 4) is 0 Å². The number of halogens is 1. The average Bonchev–Trinajstić information content (AvgIpc) is 1.85. The Morgan fingerprint density at radius 3 is 2.60 bits per heavy atom. The average molecular weight is 155 g/mol. The lowest BCUT2D eigenvalue weighted by molar-refractivity contribution is 1.14. The Labute approximate surface area is 64.3 Å². The second kappa shape index (κ2) is 2.80. The molecule has 1 N–H and O–H groups in total. The predicted octanol–water partition coefficient (Wildman–Crippen LogP) is 3.31. The highest BCUT2D eigenvalue weighted by Gasteiger charge is 1.92. The number of nitrogens with zero attached hydrogens (tertiary/aromatic N) is 1. The molecule has 0 aliphatic rings. The summed E-state index contributed by atoms with van der Waals surface area (Å²) in [4.78, 5) is 0. The molecule has 0 bridgehead atoms. The van der Waals surface area contributed by atoms with Gasteiger partial charge in [0.2, 0.25) is 0 Å². The fourth-order valence-electron chi connectivity index (χ4n) is 0.782. The van der Waals surface area contributed by atoms with E-state index in [1.807, 2.05) is 13.0 Å². The molecule has 0 aromatic heterocycles. The Balaban J connectivity index is 3.18. The van der Waals surface area contributed by atoms with Gasteiger partial charge in [-0.3, -0.25) is 0 Å². The van der Waals surface area contributed by atoms with Gasteiger partial charge in [0.25, 0.3) is 0 Å². The fourth-order valence-corrected chi connectivity index (χ4v) is 1.07. The van der Waals surface area contributed by atoms with Crippen LogP contribution in [0.25, 0.3) is 0 Å². The van der Waals surface area contributed by atoms with E-state index in [-0.39, 0.29) is 0 Å². The topological polar surface area (TPSA) is 36.2 Å². The van der Waals surface area contributed by atoms with Gasteiger partial charge >= 0.3 is 0 Å². The van der Waals surface area contributed by atoms with Gasteiger partial charge in [-0.1, -0.05) is 11.6 Å². The maximum atomic E-state index is 6.70. The second-order valence-corrected chi connectivity index (χ2v) is 2.54. The first-order valence-electron chi connectivity index (χ1n) is 2.87. The molecule has 0 saturated carbocycles. The third-order valence-corrected chi connectivity index (χ3v) is 1.37. The molecule has 0 aliphatic heterocycles.